The third-order valence-electron chi connectivity index (χ3n) is 3.18. The second-order valence-corrected chi connectivity index (χ2v) is 7.66. The van der Waals surface area contributed by atoms with Crippen LogP contribution in [0.3, 0.4) is 0 Å². The Bertz CT molecular complexity index is 840. The average molecular weight is 406 g/mol. The molecule has 0 fully saturated rings. The minimum Gasteiger partial charge on any atom is -0.347 e. The van der Waals surface area contributed by atoms with Crippen LogP contribution >= 0.6 is 38.6 Å². The smallest absolute Gasteiger partial charge is 0.251 e. The fourth-order valence-corrected chi connectivity index (χ4v) is 3.97. The maximum absolute atomic E-state index is 12.2. The Hall–Kier alpha value is -1.76. The molecule has 0 saturated heterocycles. The Morgan fingerprint density at radius 2 is 1.96 bits per heavy atom. The van der Waals surface area contributed by atoms with Gasteiger partial charge in [0.1, 0.15) is 0 Å². The molecule has 3 nitrogen and oxygen atoms in total. The summed E-state index contributed by atoms with van der Waals surface area (Å²) in [6.45, 7) is 0.410. The van der Waals surface area contributed by atoms with Gasteiger partial charge in [0, 0.05) is 25.9 Å². The number of nitrogens with one attached hydrogen (secondary N) is 1. The SMILES string of the molecule is O=C(NCc1ccc(C(=O)c2ccsc2)s1)c1cccc(Br)c1. The number of thiophene rings is 2. The van der Waals surface area contributed by atoms with Gasteiger partial charge in [-0.3, -0.25) is 9.59 Å². The summed E-state index contributed by atoms with van der Waals surface area (Å²) in [6.07, 6.45) is 0. The number of hydrogen-bond donors (Lipinski definition) is 1. The van der Waals surface area contributed by atoms with Gasteiger partial charge in [-0.1, -0.05) is 22.0 Å². The summed E-state index contributed by atoms with van der Waals surface area (Å²) in [6, 6.07) is 12.7. The van der Waals surface area contributed by atoms with E-state index in [2.05, 4.69) is 21.2 Å². The topological polar surface area (TPSA) is 46.2 Å². The monoisotopic (exact) mass is 405 g/mol. The third kappa shape index (κ3) is 3.96. The van der Waals surface area contributed by atoms with E-state index < -0.39 is 0 Å². The first kappa shape index (κ1) is 16.1. The lowest BCUT2D eigenvalue weighted by Gasteiger charge is -2.04. The second-order valence-electron chi connectivity index (χ2n) is 4.80. The van der Waals surface area contributed by atoms with Gasteiger partial charge in [0.15, 0.2) is 0 Å². The Morgan fingerprint density at radius 1 is 1.09 bits per heavy atom. The molecule has 3 aromatic rings. The van der Waals surface area contributed by atoms with Crippen LogP contribution in [0.1, 0.15) is 30.5 Å². The van der Waals surface area contributed by atoms with Crippen molar-refractivity contribution in [3.63, 3.8) is 0 Å². The van der Waals surface area contributed by atoms with Crippen LogP contribution in [0.5, 0.6) is 0 Å². The Balaban J connectivity index is 1.63. The number of halogens is 1. The van der Waals surface area contributed by atoms with E-state index in [1.165, 1.54) is 22.7 Å². The van der Waals surface area contributed by atoms with Crippen LogP contribution in [0, 0.1) is 0 Å². The number of carbonyl (C=O) groups excluding carboxylic acids is 2. The van der Waals surface area contributed by atoms with Crippen molar-refractivity contribution in [2.24, 2.45) is 0 Å². The van der Waals surface area contributed by atoms with Crippen molar-refractivity contribution in [2.45, 2.75) is 6.54 Å². The number of benzene rings is 1. The van der Waals surface area contributed by atoms with Crippen LogP contribution < -0.4 is 5.32 Å². The highest BCUT2D eigenvalue weighted by Gasteiger charge is 2.13. The average Bonchev–Trinajstić information content (AvgIpc) is 3.23. The van der Waals surface area contributed by atoms with E-state index in [1.54, 1.807) is 12.1 Å². The summed E-state index contributed by atoms with van der Waals surface area (Å²) < 4.78 is 0.866. The lowest BCUT2D eigenvalue weighted by atomic mass is 10.2. The molecule has 23 heavy (non-hydrogen) atoms. The molecule has 0 bridgehead atoms. The molecule has 0 aliphatic carbocycles. The Kier molecular flexibility index (Phi) is 5.05. The van der Waals surface area contributed by atoms with Gasteiger partial charge in [-0.2, -0.15) is 11.3 Å². The molecule has 116 valence electrons. The summed E-state index contributed by atoms with van der Waals surface area (Å²) in [7, 11) is 0. The van der Waals surface area contributed by atoms with Crippen LogP contribution in [0.15, 0.2) is 57.7 Å². The molecule has 0 aliphatic heterocycles. The standard InChI is InChI=1S/C17H12BrNO2S2/c18-13-3-1-2-11(8-13)17(21)19-9-14-4-5-15(23-14)16(20)12-6-7-22-10-12/h1-8,10H,9H2,(H,19,21). The van der Waals surface area contributed by atoms with E-state index in [1.807, 2.05) is 41.1 Å². The number of amides is 1. The van der Waals surface area contributed by atoms with Crippen LogP contribution in [0.4, 0.5) is 0 Å². The van der Waals surface area contributed by atoms with E-state index in [-0.39, 0.29) is 11.7 Å². The van der Waals surface area contributed by atoms with Crippen molar-refractivity contribution < 1.29 is 9.59 Å². The second kappa shape index (κ2) is 7.21. The maximum Gasteiger partial charge on any atom is 0.251 e. The molecule has 0 unspecified atom stereocenters. The zero-order chi connectivity index (χ0) is 16.2. The Labute approximate surface area is 150 Å². The molecule has 1 N–H and O–H groups in total. The van der Waals surface area contributed by atoms with Gasteiger partial charge in [0.05, 0.1) is 11.4 Å². The van der Waals surface area contributed by atoms with Crippen LogP contribution in [0.25, 0.3) is 0 Å². The first-order chi connectivity index (χ1) is 11.1. The molecule has 0 spiro atoms. The quantitative estimate of drug-likeness (QED) is 0.623. The predicted molar refractivity (Wildman–Crippen MR) is 97.4 cm³/mol. The molecule has 2 aromatic heterocycles. The first-order valence-electron chi connectivity index (χ1n) is 6.83. The van der Waals surface area contributed by atoms with E-state index in [0.717, 1.165) is 9.35 Å². The number of rotatable bonds is 5. The molecule has 3 rings (SSSR count). The molecule has 0 saturated carbocycles. The summed E-state index contributed by atoms with van der Waals surface area (Å²) in [5.41, 5.74) is 1.31. The van der Waals surface area contributed by atoms with Gasteiger partial charge in [-0.15, -0.1) is 11.3 Å². The zero-order valence-electron chi connectivity index (χ0n) is 11.9. The van der Waals surface area contributed by atoms with E-state index >= 15 is 0 Å². The highest BCUT2D eigenvalue weighted by molar-refractivity contribution is 9.10. The molecule has 1 amide bonds. The molecular formula is C17H12BrNO2S2. The summed E-state index contributed by atoms with van der Waals surface area (Å²) in [5, 5.41) is 6.60. The fraction of sp³-hybridized carbons (Fsp3) is 0.0588. The molecule has 0 radical (unpaired) electrons. The van der Waals surface area contributed by atoms with Gasteiger partial charge >= 0.3 is 0 Å². The number of hydrogen-bond acceptors (Lipinski definition) is 4. The maximum atomic E-state index is 12.2. The van der Waals surface area contributed by atoms with Crippen LogP contribution in [-0.2, 0) is 6.54 Å². The van der Waals surface area contributed by atoms with E-state index in [0.29, 0.717) is 22.5 Å². The van der Waals surface area contributed by atoms with Gasteiger partial charge in [0.25, 0.3) is 5.91 Å². The predicted octanol–water partition coefficient (Wildman–Crippen LogP) is 4.73. The van der Waals surface area contributed by atoms with Crippen molar-refractivity contribution in [2.75, 3.05) is 0 Å². The van der Waals surface area contributed by atoms with Gasteiger partial charge < -0.3 is 5.32 Å². The zero-order valence-corrected chi connectivity index (χ0v) is 15.1. The van der Waals surface area contributed by atoms with Crippen molar-refractivity contribution in [1.82, 2.24) is 5.32 Å². The van der Waals surface area contributed by atoms with Crippen LogP contribution in [-0.4, -0.2) is 11.7 Å². The normalized spacial score (nSPS) is 10.5. The van der Waals surface area contributed by atoms with Crippen molar-refractivity contribution in [3.8, 4) is 0 Å². The lowest BCUT2D eigenvalue weighted by molar-refractivity contribution is 0.0950. The van der Waals surface area contributed by atoms with Gasteiger partial charge in [-0.05, 0) is 41.8 Å². The van der Waals surface area contributed by atoms with E-state index in [9.17, 15) is 9.59 Å². The van der Waals surface area contributed by atoms with Gasteiger partial charge in [-0.25, -0.2) is 0 Å². The number of carbonyl (C=O) groups is 2. The lowest BCUT2D eigenvalue weighted by Crippen LogP contribution is -2.22. The van der Waals surface area contributed by atoms with Crippen molar-refractivity contribution in [1.29, 1.82) is 0 Å². The van der Waals surface area contributed by atoms with Gasteiger partial charge in [0.2, 0.25) is 5.78 Å². The molecule has 1 aromatic carbocycles. The summed E-state index contributed by atoms with van der Waals surface area (Å²) >= 11 is 6.27. The minimum atomic E-state index is -0.134. The summed E-state index contributed by atoms with van der Waals surface area (Å²) in [4.78, 5) is 26.0. The van der Waals surface area contributed by atoms with Crippen molar-refractivity contribution >= 4 is 50.3 Å². The van der Waals surface area contributed by atoms with Crippen molar-refractivity contribution in [3.05, 3.63) is 78.6 Å². The van der Waals surface area contributed by atoms with Crippen LogP contribution in [0.2, 0.25) is 0 Å². The highest BCUT2D eigenvalue weighted by atomic mass is 79.9. The fourth-order valence-electron chi connectivity index (χ4n) is 2.03. The number of ketones is 1. The largest absolute Gasteiger partial charge is 0.347 e. The highest BCUT2D eigenvalue weighted by Crippen LogP contribution is 2.21. The molecule has 0 aliphatic rings. The Morgan fingerprint density at radius 3 is 2.70 bits per heavy atom. The first-order valence-corrected chi connectivity index (χ1v) is 9.38. The van der Waals surface area contributed by atoms with E-state index in [4.69, 9.17) is 0 Å². The molecule has 6 heteroatoms. The molecule has 2 heterocycles. The molecular weight excluding hydrogens is 394 g/mol. The third-order valence-corrected chi connectivity index (χ3v) is 5.44. The minimum absolute atomic E-state index is 0.0285. The summed E-state index contributed by atoms with van der Waals surface area (Å²) in [5.74, 6) is -0.105. The molecule has 0 atom stereocenters.